The van der Waals surface area contributed by atoms with Crippen molar-refractivity contribution in [1.82, 2.24) is 15.5 Å². The quantitative estimate of drug-likeness (QED) is 0.332. The molecule has 0 spiro atoms. The molecule has 144 valence electrons. The van der Waals surface area contributed by atoms with Crippen molar-refractivity contribution in [1.29, 1.82) is 0 Å². The van der Waals surface area contributed by atoms with Crippen LogP contribution in [0.15, 0.2) is 4.99 Å². The molecule has 1 heterocycles. The number of nitrogens with one attached hydrogen (secondary N) is 2. The highest BCUT2D eigenvalue weighted by Gasteiger charge is 2.26. The summed E-state index contributed by atoms with van der Waals surface area (Å²) in [4.78, 5) is 6.82. The lowest BCUT2D eigenvalue weighted by Gasteiger charge is -2.30. The molecule has 2 N–H and O–H groups in total. The van der Waals surface area contributed by atoms with Gasteiger partial charge in [-0.2, -0.15) is 0 Å². The molecule has 6 nitrogen and oxygen atoms in total. The molecule has 0 bridgehead atoms. The van der Waals surface area contributed by atoms with Gasteiger partial charge >= 0.3 is 0 Å². The number of guanidine groups is 1. The van der Waals surface area contributed by atoms with Crippen molar-refractivity contribution in [2.24, 2.45) is 10.4 Å². The zero-order valence-electron chi connectivity index (χ0n) is 16.2. The van der Waals surface area contributed by atoms with Crippen molar-refractivity contribution in [3.8, 4) is 0 Å². The summed E-state index contributed by atoms with van der Waals surface area (Å²) >= 11 is 0. The van der Waals surface area contributed by atoms with Crippen LogP contribution in [-0.4, -0.2) is 77.1 Å². The van der Waals surface area contributed by atoms with E-state index >= 15 is 0 Å². The van der Waals surface area contributed by atoms with Crippen molar-refractivity contribution in [3.05, 3.63) is 0 Å². The average molecular weight is 456 g/mol. The fourth-order valence-electron chi connectivity index (χ4n) is 3.00. The second-order valence-electron chi connectivity index (χ2n) is 7.25. The second kappa shape index (κ2) is 12.3. The Bertz CT molecular complexity index is 361. The van der Waals surface area contributed by atoms with E-state index in [-0.39, 0.29) is 35.5 Å². The van der Waals surface area contributed by atoms with E-state index in [1.807, 2.05) is 7.05 Å². The molecular weight excluding hydrogens is 419 g/mol. The molecular formula is C17H37IN4O2. The summed E-state index contributed by atoms with van der Waals surface area (Å²) in [7, 11) is 5.34. The van der Waals surface area contributed by atoms with Gasteiger partial charge in [0, 0.05) is 46.9 Å². The Balaban J connectivity index is 0.00000529. The molecule has 1 aliphatic rings. The highest BCUT2D eigenvalue weighted by molar-refractivity contribution is 14.0. The monoisotopic (exact) mass is 456 g/mol. The second-order valence-corrected chi connectivity index (χ2v) is 7.25. The predicted octanol–water partition coefficient (Wildman–Crippen LogP) is 1.94. The number of halogens is 1. The Morgan fingerprint density at radius 3 is 2.54 bits per heavy atom. The minimum absolute atomic E-state index is 0. The summed E-state index contributed by atoms with van der Waals surface area (Å²) < 4.78 is 10.8. The first-order valence-electron chi connectivity index (χ1n) is 8.62. The number of methoxy groups -OCH3 is 2. The zero-order valence-corrected chi connectivity index (χ0v) is 18.6. The van der Waals surface area contributed by atoms with Gasteiger partial charge in [-0.1, -0.05) is 20.8 Å². The fraction of sp³-hybridized carbons (Fsp3) is 0.941. The number of likely N-dealkylation sites (tertiary alicyclic amines) is 1. The highest BCUT2D eigenvalue weighted by Crippen LogP contribution is 2.21. The van der Waals surface area contributed by atoms with Crippen molar-refractivity contribution >= 4 is 29.9 Å². The number of rotatable bonds is 8. The maximum absolute atomic E-state index is 5.58. The van der Waals surface area contributed by atoms with Gasteiger partial charge in [0.1, 0.15) is 0 Å². The molecule has 1 aliphatic heterocycles. The van der Waals surface area contributed by atoms with Gasteiger partial charge in [0.05, 0.1) is 12.7 Å². The van der Waals surface area contributed by atoms with Gasteiger partial charge in [-0.25, -0.2) is 0 Å². The molecule has 0 aliphatic carbocycles. The van der Waals surface area contributed by atoms with Crippen LogP contribution >= 0.6 is 24.0 Å². The van der Waals surface area contributed by atoms with Gasteiger partial charge in [-0.15, -0.1) is 24.0 Å². The molecule has 2 atom stereocenters. The summed E-state index contributed by atoms with van der Waals surface area (Å²) in [6.07, 6.45) is 2.64. The molecule has 0 saturated carbocycles. The maximum Gasteiger partial charge on any atom is 0.191 e. The van der Waals surface area contributed by atoms with Crippen LogP contribution < -0.4 is 10.6 Å². The zero-order chi connectivity index (χ0) is 17.3. The van der Waals surface area contributed by atoms with Crippen molar-refractivity contribution < 1.29 is 9.47 Å². The standard InChI is InChI=1S/C17H36N4O2.HI/c1-17(2,3)15(23-6)13-20-16(18-4)19-12-14-8-7-9-21(14)10-11-22-5;/h14-15H,7-13H2,1-6H3,(H2,18,19,20);1H. The van der Waals surface area contributed by atoms with E-state index in [2.05, 4.69) is 41.3 Å². The smallest absolute Gasteiger partial charge is 0.191 e. The van der Waals surface area contributed by atoms with Gasteiger partial charge in [0.25, 0.3) is 0 Å². The van der Waals surface area contributed by atoms with Gasteiger partial charge in [-0.3, -0.25) is 9.89 Å². The Morgan fingerprint density at radius 1 is 1.29 bits per heavy atom. The van der Waals surface area contributed by atoms with Crippen LogP contribution in [0.5, 0.6) is 0 Å². The number of hydrogen-bond acceptors (Lipinski definition) is 4. The van der Waals surface area contributed by atoms with Crippen LogP contribution in [0.1, 0.15) is 33.6 Å². The Labute approximate surface area is 165 Å². The highest BCUT2D eigenvalue weighted by atomic mass is 127. The minimum atomic E-state index is 0. The fourth-order valence-corrected chi connectivity index (χ4v) is 3.00. The third-order valence-corrected chi connectivity index (χ3v) is 4.52. The average Bonchev–Trinajstić information content (AvgIpc) is 2.94. The van der Waals surface area contributed by atoms with E-state index in [9.17, 15) is 0 Å². The van der Waals surface area contributed by atoms with Crippen LogP contribution in [0.3, 0.4) is 0 Å². The van der Waals surface area contributed by atoms with Gasteiger partial charge in [-0.05, 0) is 24.8 Å². The van der Waals surface area contributed by atoms with Crippen LogP contribution in [0, 0.1) is 5.41 Å². The molecule has 1 rings (SSSR count). The van der Waals surface area contributed by atoms with Crippen molar-refractivity contribution in [2.45, 2.75) is 45.8 Å². The summed E-state index contributed by atoms with van der Waals surface area (Å²) in [5.41, 5.74) is 0.100. The first kappa shape index (κ1) is 23.9. The molecule has 1 fully saturated rings. The van der Waals surface area contributed by atoms with E-state index in [0.29, 0.717) is 6.04 Å². The third kappa shape index (κ3) is 8.31. The molecule has 0 aromatic heterocycles. The largest absolute Gasteiger partial charge is 0.383 e. The summed E-state index contributed by atoms with van der Waals surface area (Å²) in [6.45, 7) is 11.2. The first-order valence-corrected chi connectivity index (χ1v) is 8.62. The van der Waals surface area contributed by atoms with Crippen LogP contribution in [0.25, 0.3) is 0 Å². The van der Waals surface area contributed by atoms with E-state index in [1.165, 1.54) is 12.8 Å². The first-order chi connectivity index (χ1) is 10.9. The van der Waals surface area contributed by atoms with Crippen LogP contribution in [-0.2, 0) is 9.47 Å². The molecule has 0 aromatic rings. The molecule has 7 heteroatoms. The predicted molar refractivity (Wildman–Crippen MR) is 112 cm³/mol. The molecule has 2 unspecified atom stereocenters. The Hall–Kier alpha value is -0.120. The number of aliphatic imine (C=N–C) groups is 1. The molecule has 24 heavy (non-hydrogen) atoms. The van der Waals surface area contributed by atoms with Gasteiger partial charge in [0.15, 0.2) is 5.96 Å². The van der Waals surface area contributed by atoms with E-state index < -0.39 is 0 Å². The minimum Gasteiger partial charge on any atom is -0.383 e. The Kier molecular flexibility index (Phi) is 12.2. The van der Waals surface area contributed by atoms with E-state index in [4.69, 9.17) is 9.47 Å². The lowest BCUT2D eigenvalue weighted by atomic mass is 9.89. The normalized spacial score (nSPS) is 20.6. The summed E-state index contributed by atoms with van der Waals surface area (Å²) in [5.74, 6) is 0.842. The Morgan fingerprint density at radius 2 is 2.00 bits per heavy atom. The van der Waals surface area contributed by atoms with E-state index in [0.717, 1.165) is 38.7 Å². The molecule has 0 radical (unpaired) electrons. The lowest BCUT2D eigenvalue weighted by molar-refractivity contribution is 0.0205. The van der Waals surface area contributed by atoms with Crippen molar-refractivity contribution in [3.63, 3.8) is 0 Å². The van der Waals surface area contributed by atoms with Gasteiger partial charge in [0.2, 0.25) is 0 Å². The number of hydrogen-bond donors (Lipinski definition) is 2. The molecule has 0 amide bonds. The van der Waals surface area contributed by atoms with Crippen molar-refractivity contribution in [2.75, 3.05) is 54.1 Å². The van der Waals surface area contributed by atoms with Gasteiger partial charge < -0.3 is 20.1 Å². The maximum atomic E-state index is 5.58. The van der Waals surface area contributed by atoms with E-state index in [1.54, 1.807) is 14.2 Å². The van der Waals surface area contributed by atoms with Crippen LogP contribution in [0.4, 0.5) is 0 Å². The summed E-state index contributed by atoms with van der Waals surface area (Å²) in [6, 6.07) is 0.560. The SMILES string of the molecule is CN=C(NCC1CCCN1CCOC)NCC(OC)C(C)(C)C.I. The lowest BCUT2D eigenvalue weighted by Crippen LogP contribution is -2.48. The van der Waals surface area contributed by atoms with Crippen LogP contribution in [0.2, 0.25) is 0 Å². The summed E-state index contributed by atoms with van der Waals surface area (Å²) in [5, 5.41) is 6.83. The topological polar surface area (TPSA) is 58.1 Å². The molecule has 1 saturated heterocycles. The third-order valence-electron chi connectivity index (χ3n) is 4.52. The number of ether oxygens (including phenoxy) is 2. The number of nitrogens with zero attached hydrogens (tertiary/aromatic N) is 2. The molecule has 0 aromatic carbocycles.